The monoisotopic (exact) mass is 783 g/mol. The van der Waals surface area contributed by atoms with Crippen molar-refractivity contribution in [1.82, 2.24) is 30.5 Å². The molecule has 3 fully saturated rings. The number of amides is 1. The van der Waals surface area contributed by atoms with Crippen LogP contribution in [0, 0.1) is 12.8 Å². The van der Waals surface area contributed by atoms with Gasteiger partial charge in [-0.2, -0.15) is 0 Å². The number of aryl methyl sites for hydroxylation is 2. The molecule has 8 rings (SSSR count). The SMILES string of the molecule is CCc1nc(-c2cccc(-c3cccc(Nc4nccc5sc(CN6C7CCC6CC(C(=O)O)C7)nc45)c3Cl)c2Cl)cc(C)c1CNC[C@@H]1CCC(=O)N1. The molecule has 1 amide bonds. The Morgan fingerprint density at radius 2 is 1.76 bits per heavy atom. The van der Waals surface area contributed by atoms with Crippen LogP contribution < -0.4 is 16.0 Å². The molecule has 2 aromatic carbocycles. The van der Waals surface area contributed by atoms with Crippen LogP contribution in [0.15, 0.2) is 54.7 Å². The summed E-state index contributed by atoms with van der Waals surface area (Å²) in [7, 11) is 0. The van der Waals surface area contributed by atoms with Crippen molar-refractivity contribution in [2.24, 2.45) is 5.92 Å². The van der Waals surface area contributed by atoms with E-state index in [-0.39, 0.29) is 30.0 Å². The van der Waals surface area contributed by atoms with Crippen LogP contribution in [0.1, 0.15) is 67.3 Å². The number of hydrogen-bond donors (Lipinski definition) is 4. The smallest absolute Gasteiger partial charge is 0.306 e. The minimum Gasteiger partial charge on any atom is -0.481 e. The van der Waals surface area contributed by atoms with Gasteiger partial charge in [-0.25, -0.2) is 9.97 Å². The zero-order chi connectivity index (χ0) is 37.5. The number of carbonyl (C=O) groups is 2. The number of carbonyl (C=O) groups excluding carboxylic acids is 1. The van der Waals surface area contributed by atoms with Crippen LogP contribution >= 0.6 is 34.5 Å². The normalized spacial score (nSPS) is 21.1. The van der Waals surface area contributed by atoms with Crippen LogP contribution in [0.4, 0.5) is 11.5 Å². The molecule has 6 heterocycles. The van der Waals surface area contributed by atoms with Gasteiger partial charge in [-0.1, -0.05) is 60.5 Å². The van der Waals surface area contributed by atoms with Crippen molar-refractivity contribution in [2.75, 3.05) is 11.9 Å². The number of nitrogens with zero attached hydrogens (tertiary/aromatic N) is 4. The number of carboxylic acid groups (broad SMARTS) is 1. The predicted molar refractivity (Wildman–Crippen MR) is 216 cm³/mol. The summed E-state index contributed by atoms with van der Waals surface area (Å²) in [6.45, 7) is 6.33. The van der Waals surface area contributed by atoms with Crippen LogP contribution in [0.5, 0.6) is 0 Å². The third-order valence-corrected chi connectivity index (χ3v) is 13.1. The number of anilines is 2. The number of thiazole rings is 1. The summed E-state index contributed by atoms with van der Waals surface area (Å²) in [6.07, 6.45) is 7.50. The van der Waals surface area contributed by atoms with E-state index in [0.717, 1.165) is 81.1 Å². The number of benzene rings is 2. The summed E-state index contributed by atoms with van der Waals surface area (Å²) in [4.78, 5) is 40.5. The summed E-state index contributed by atoms with van der Waals surface area (Å²) < 4.78 is 1.02. The van der Waals surface area contributed by atoms with E-state index in [0.29, 0.717) is 53.9 Å². The molecule has 3 aromatic heterocycles. The van der Waals surface area contributed by atoms with Crippen molar-refractivity contribution in [2.45, 2.75) is 90.0 Å². The molecular weight excluding hydrogens is 741 g/mol. The second kappa shape index (κ2) is 15.5. The molecule has 0 spiro atoms. The molecule has 0 radical (unpaired) electrons. The number of aliphatic carboxylic acids is 1. The van der Waals surface area contributed by atoms with Gasteiger partial charge in [0.15, 0.2) is 5.82 Å². The summed E-state index contributed by atoms with van der Waals surface area (Å²) in [5.74, 6) is -0.180. The number of pyridine rings is 2. The Bertz CT molecular complexity index is 2230. The van der Waals surface area contributed by atoms with Crippen LogP contribution in [0.2, 0.25) is 10.0 Å². The van der Waals surface area contributed by atoms with E-state index in [9.17, 15) is 14.7 Å². The van der Waals surface area contributed by atoms with Crippen molar-refractivity contribution < 1.29 is 14.7 Å². The second-order valence-corrected chi connectivity index (χ2v) is 16.5. The first-order valence-corrected chi connectivity index (χ1v) is 20.3. The zero-order valence-corrected chi connectivity index (χ0v) is 32.6. The van der Waals surface area contributed by atoms with E-state index in [1.165, 1.54) is 5.56 Å². The van der Waals surface area contributed by atoms with Gasteiger partial charge in [0.25, 0.3) is 0 Å². The zero-order valence-electron chi connectivity index (χ0n) is 30.3. The maximum absolute atomic E-state index is 11.7. The fourth-order valence-corrected chi connectivity index (χ4v) is 10.1. The minimum absolute atomic E-state index is 0.122. The lowest BCUT2D eigenvalue weighted by atomic mass is 9.91. The molecule has 0 aliphatic carbocycles. The molecule has 54 heavy (non-hydrogen) atoms. The number of halogens is 2. The molecule has 10 nitrogen and oxygen atoms in total. The maximum atomic E-state index is 11.7. The average molecular weight is 785 g/mol. The molecule has 2 bridgehead atoms. The molecule has 5 aromatic rings. The van der Waals surface area contributed by atoms with Crippen molar-refractivity contribution in [3.63, 3.8) is 0 Å². The Morgan fingerprint density at radius 3 is 2.48 bits per heavy atom. The molecule has 4 N–H and O–H groups in total. The van der Waals surface area contributed by atoms with Gasteiger partial charge >= 0.3 is 5.97 Å². The molecule has 3 aliphatic rings. The lowest BCUT2D eigenvalue weighted by Crippen LogP contribution is -2.44. The largest absolute Gasteiger partial charge is 0.481 e. The maximum Gasteiger partial charge on any atom is 0.306 e. The highest BCUT2D eigenvalue weighted by Gasteiger charge is 2.43. The third kappa shape index (κ3) is 7.32. The summed E-state index contributed by atoms with van der Waals surface area (Å²) in [6, 6.07) is 16.6. The van der Waals surface area contributed by atoms with Crippen LogP contribution in [-0.4, -0.2) is 61.5 Å². The number of hydrogen-bond acceptors (Lipinski definition) is 9. The first kappa shape index (κ1) is 36.8. The van der Waals surface area contributed by atoms with E-state index in [1.807, 2.05) is 42.5 Å². The second-order valence-electron chi connectivity index (χ2n) is 14.7. The molecule has 3 atom stereocenters. The van der Waals surface area contributed by atoms with Gasteiger partial charge in [0.2, 0.25) is 5.91 Å². The van der Waals surface area contributed by atoms with Gasteiger partial charge in [-0.3, -0.25) is 19.5 Å². The number of piperidine rings is 1. The van der Waals surface area contributed by atoms with Crippen molar-refractivity contribution in [1.29, 1.82) is 0 Å². The van der Waals surface area contributed by atoms with Gasteiger partial charge in [-0.15, -0.1) is 11.3 Å². The Kier molecular flexibility index (Phi) is 10.6. The topological polar surface area (TPSA) is 132 Å². The molecule has 280 valence electrons. The van der Waals surface area contributed by atoms with Crippen LogP contribution in [0.25, 0.3) is 32.6 Å². The molecule has 13 heteroatoms. The van der Waals surface area contributed by atoms with Gasteiger partial charge in [0.1, 0.15) is 10.5 Å². The molecular formula is C41H43Cl2N7O3S. The molecule has 0 saturated carbocycles. The quantitative estimate of drug-likeness (QED) is 0.0983. The number of nitrogens with one attached hydrogen (secondary N) is 3. The number of rotatable bonds is 12. The Morgan fingerprint density at radius 1 is 1.02 bits per heavy atom. The summed E-state index contributed by atoms with van der Waals surface area (Å²) in [5.41, 5.74) is 8.01. The molecule has 3 saturated heterocycles. The third-order valence-electron chi connectivity index (χ3n) is 11.3. The highest BCUT2D eigenvalue weighted by Crippen LogP contribution is 2.43. The van der Waals surface area contributed by atoms with Crippen LogP contribution in [-0.2, 0) is 29.1 Å². The van der Waals surface area contributed by atoms with Gasteiger partial charge in [0, 0.05) is 66.2 Å². The van der Waals surface area contributed by atoms with E-state index >= 15 is 0 Å². The number of carboxylic acids is 1. The fourth-order valence-electron chi connectivity index (χ4n) is 8.49. The van der Waals surface area contributed by atoms with Crippen molar-refractivity contribution in [3.05, 3.63) is 86.6 Å². The van der Waals surface area contributed by atoms with Gasteiger partial charge in [-0.05, 0) is 74.8 Å². The molecule has 3 aliphatic heterocycles. The van der Waals surface area contributed by atoms with Gasteiger partial charge in [0.05, 0.1) is 38.6 Å². The van der Waals surface area contributed by atoms with Gasteiger partial charge < -0.3 is 21.1 Å². The Labute approximate surface area is 328 Å². The predicted octanol–water partition coefficient (Wildman–Crippen LogP) is 8.54. The Hall–Kier alpha value is -4.13. The first-order chi connectivity index (χ1) is 26.2. The number of aromatic nitrogens is 3. The minimum atomic E-state index is -0.674. The highest BCUT2D eigenvalue weighted by molar-refractivity contribution is 7.18. The number of fused-ring (bicyclic) bond motifs is 3. The Balaban J connectivity index is 1.02. The van der Waals surface area contributed by atoms with Crippen molar-refractivity contribution in [3.8, 4) is 22.4 Å². The lowest BCUT2D eigenvalue weighted by molar-refractivity contribution is -0.144. The van der Waals surface area contributed by atoms with Crippen molar-refractivity contribution >= 4 is 68.1 Å². The van der Waals surface area contributed by atoms with Crippen LogP contribution in [0.3, 0.4) is 0 Å². The van der Waals surface area contributed by atoms with E-state index < -0.39 is 5.97 Å². The summed E-state index contributed by atoms with van der Waals surface area (Å²) >= 11 is 16.0. The summed E-state index contributed by atoms with van der Waals surface area (Å²) in [5, 5.41) is 21.7. The standard InChI is InChI=1S/C41H43Cl2N7O3S/c1-3-31-30(20-44-19-24-10-13-35(51)46-24)22(2)16-33(47-31)29-8-4-6-27(37(29)42)28-7-5-9-32(38(28)43)48-40-39-34(14-15-45-40)54-36(49-39)21-50-25-11-12-26(50)18-23(17-25)41(52)53/h4-9,14-16,23-26,44H,3,10-13,17-21H2,1-2H3,(H,45,48)(H,46,51)(H,52,53)/t23?,24-,25?,26?/m0/s1. The highest BCUT2D eigenvalue weighted by atomic mass is 35.5. The fraction of sp³-hybridized carbons (Fsp3) is 0.390. The first-order valence-electron chi connectivity index (χ1n) is 18.7. The van der Waals surface area contributed by atoms with E-state index in [4.69, 9.17) is 33.2 Å². The van der Waals surface area contributed by atoms with E-state index in [2.05, 4.69) is 45.7 Å². The average Bonchev–Trinajstić information content (AvgIpc) is 3.83. The van der Waals surface area contributed by atoms with E-state index in [1.54, 1.807) is 17.5 Å². The molecule has 2 unspecified atom stereocenters. The lowest BCUT2D eigenvalue weighted by Gasteiger charge is -2.36.